The van der Waals surface area contributed by atoms with Crippen LogP contribution in [0.3, 0.4) is 0 Å². The van der Waals surface area contributed by atoms with Crippen molar-refractivity contribution in [2.45, 2.75) is 76.5 Å². The maximum atomic E-state index is 14.1. The molecule has 0 bridgehead atoms. The van der Waals surface area contributed by atoms with Gasteiger partial charge in [-0.05, 0) is 74.9 Å². The second-order valence-corrected chi connectivity index (χ2v) is 14.6. The normalized spacial score (nSPS) is 16.7. The Morgan fingerprint density at radius 2 is 1.76 bits per heavy atom. The number of rotatable bonds is 8. The first-order chi connectivity index (χ1) is 21.3. The fourth-order valence-corrected chi connectivity index (χ4v) is 7.13. The number of aromatic amines is 1. The van der Waals surface area contributed by atoms with Gasteiger partial charge in [0, 0.05) is 62.2 Å². The van der Waals surface area contributed by atoms with E-state index >= 15 is 0 Å². The zero-order chi connectivity index (χ0) is 32.4. The summed E-state index contributed by atoms with van der Waals surface area (Å²) in [6.07, 6.45) is 3.31. The first kappa shape index (κ1) is 32.5. The Kier molecular flexibility index (Phi) is 9.54. The van der Waals surface area contributed by atoms with Crippen LogP contribution in [0.1, 0.15) is 57.2 Å². The Morgan fingerprint density at radius 3 is 2.47 bits per heavy atom. The van der Waals surface area contributed by atoms with E-state index in [9.17, 15) is 22.8 Å². The number of piperidine rings is 1. The van der Waals surface area contributed by atoms with Gasteiger partial charge >= 0.3 is 6.09 Å². The fraction of sp³-hybridized carbons (Fsp3) is 0.485. The van der Waals surface area contributed by atoms with Crippen molar-refractivity contribution in [1.82, 2.24) is 24.8 Å². The molecule has 2 aliphatic rings. The summed E-state index contributed by atoms with van der Waals surface area (Å²) in [4.78, 5) is 47.0. The molecule has 2 aliphatic heterocycles. The number of amides is 3. The molecule has 1 aromatic heterocycles. The zero-order valence-electron chi connectivity index (χ0n) is 26.4. The van der Waals surface area contributed by atoms with Gasteiger partial charge < -0.3 is 24.8 Å². The third-order valence-corrected chi connectivity index (χ3v) is 9.92. The minimum Gasteiger partial charge on any atom is -0.444 e. The predicted octanol–water partition coefficient (Wildman–Crippen LogP) is 3.73. The summed E-state index contributed by atoms with van der Waals surface area (Å²) in [7, 11) is -3.65. The predicted molar refractivity (Wildman–Crippen MR) is 171 cm³/mol. The van der Waals surface area contributed by atoms with Gasteiger partial charge in [0.1, 0.15) is 11.6 Å². The third kappa shape index (κ3) is 7.67. The fourth-order valence-electron chi connectivity index (χ4n) is 6.04. The number of likely N-dealkylation sites (tertiary alicyclic amines) is 1. The third-order valence-electron chi connectivity index (χ3n) is 8.38. The van der Waals surface area contributed by atoms with Gasteiger partial charge in [-0.3, -0.25) is 9.59 Å². The summed E-state index contributed by atoms with van der Waals surface area (Å²) in [6, 6.07) is 12.1. The van der Waals surface area contributed by atoms with Gasteiger partial charge in [-0.15, -0.1) is 0 Å². The van der Waals surface area contributed by atoms with Crippen LogP contribution in [0.5, 0.6) is 0 Å². The number of carbonyl (C=O) groups is 3. The Hall–Kier alpha value is -3.90. The molecule has 1 saturated heterocycles. The first-order valence-electron chi connectivity index (χ1n) is 15.6. The number of ether oxygens (including phenoxy) is 1. The van der Waals surface area contributed by atoms with Crippen LogP contribution in [0.25, 0.3) is 10.9 Å². The summed E-state index contributed by atoms with van der Waals surface area (Å²) in [6.45, 7) is 8.97. The maximum absolute atomic E-state index is 14.1. The number of hydrogen-bond acceptors (Lipinski definition) is 6. The molecule has 3 aromatic rings. The quantitative estimate of drug-likeness (QED) is 0.344. The van der Waals surface area contributed by atoms with Crippen molar-refractivity contribution in [3.8, 4) is 0 Å². The van der Waals surface area contributed by atoms with Gasteiger partial charge in [0.2, 0.25) is 21.8 Å². The molecule has 11 nitrogen and oxygen atoms in total. The minimum atomic E-state index is -3.65. The van der Waals surface area contributed by atoms with E-state index < -0.39 is 21.7 Å². The average molecular weight is 638 g/mol. The summed E-state index contributed by atoms with van der Waals surface area (Å²) in [5.74, 6) is -0.776. The van der Waals surface area contributed by atoms with E-state index in [4.69, 9.17) is 4.74 Å². The molecule has 1 fully saturated rings. The lowest BCUT2D eigenvalue weighted by Gasteiger charge is -2.35. The molecule has 242 valence electrons. The van der Waals surface area contributed by atoms with E-state index in [0.717, 1.165) is 27.6 Å². The monoisotopic (exact) mass is 637 g/mol. The molecule has 5 rings (SSSR count). The van der Waals surface area contributed by atoms with E-state index in [1.54, 1.807) is 28.9 Å². The standard InChI is InChI=1S/C33H43N5O6S/c1-5-35-45(42,43)26-11-10-22-12-17-38(21-25(22)18-26)31(40)29(19-24-20-34-28-9-7-6-8-27(24)28)36-30(39)23-13-15-37(16-14-23)32(41)44-33(2,3)4/h6-11,18,20,23,29,34-35H,5,12-17,19,21H2,1-4H3,(H,36,39)/t29-/m1/s1. The lowest BCUT2D eigenvalue weighted by Crippen LogP contribution is -2.53. The zero-order valence-corrected chi connectivity index (χ0v) is 27.2. The number of fused-ring (bicyclic) bond motifs is 2. The number of nitrogens with zero attached hydrogens (tertiary/aromatic N) is 2. The van der Waals surface area contributed by atoms with Crippen molar-refractivity contribution in [1.29, 1.82) is 0 Å². The molecule has 1 atom stereocenters. The van der Waals surface area contributed by atoms with Gasteiger partial charge in [0.05, 0.1) is 4.90 Å². The van der Waals surface area contributed by atoms with Gasteiger partial charge in [-0.2, -0.15) is 0 Å². The lowest BCUT2D eigenvalue weighted by atomic mass is 9.94. The van der Waals surface area contributed by atoms with E-state index in [0.29, 0.717) is 45.3 Å². The van der Waals surface area contributed by atoms with Crippen LogP contribution in [-0.4, -0.2) is 78.9 Å². The summed E-state index contributed by atoms with van der Waals surface area (Å²) < 4.78 is 33.3. The van der Waals surface area contributed by atoms with Crippen molar-refractivity contribution < 1.29 is 27.5 Å². The smallest absolute Gasteiger partial charge is 0.410 e. The molecule has 0 spiro atoms. The Balaban J connectivity index is 1.33. The average Bonchev–Trinajstić information content (AvgIpc) is 3.41. The lowest BCUT2D eigenvalue weighted by molar-refractivity contribution is -0.138. The van der Waals surface area contributed by atoms with Crippen LogP contribution in [-0.2, 0) is 43.7 Å². The molecular formula is C33H43N5O6S. The maximum Gasteiger partial charge on any atom is 0.410 e. The Labute approximate surface area is 264 Å². The van der Waals surface area contributed by atoms with Crippen LogP contribution in [0, 0.1) is 5.92 Å². The van der Waals surface area contributed by atoms with E-state index in [1.165, 1.54) is 0 Å². The molecule has 12 heteroatoms. The number of aromatic nitrogens is 1. The molecule has 3 amide bonds. The number of carbonyl (C=O) groups excluding carboxylic acids is 3. The molecule has 0 radical (unpaired) electrons. The van der Waals surface area contributed by atoms with Crippen molar-refractivity contribution in [2.24, 2.45) is 5.92 Å². The van der Waals surface area contributed by atoms with E-state index in [2.05, 4.69) is 15.0 Å². The SMILES string of the molecule is CCNS(=O)(=O)c1ccc2c(c1)CN(C(=O)[C@@H](Cc1c[nH]c3ccccc13)NC(=O)C1CCN(C(=O)OC(C)(C)C)CC1)CC2. The first-order valence-corrected chi connectivity index (χ1v) is 17.1. The van der Waals surface area contributed by atoms with Crippen LogP contribution in [0.2, 0.25) is 0 Å². The molecule has 45 heavy (non-hydrogen) atoms. The number of nitrogens with one attached hydrogen (secondary N) is 3. The van der Waals surface area contributed by atoms with Gasteiger partial charge in [0.25, 0.3) is 0 Å². The number of H-pyrrole nitrogens is 1. The van der Waals surface area contributed by atoms with E-state index in [-0.39, 0.29) is 41.8 Å². The Morgan fingerprint density at radius 1 is 1.02 bits per heavy atom. The highest BCUT2D eigenvalue weighted by molar-refractivity contribution is 7.89. The van der Waals surface area contributed by atoms with Crippen LogP contribution >= 0.6 is 0 Å². The summed E-state index contributed by atoms with van der Waals surface area (Å²) >= 11 is 0. The highest BCUT2D eigenvalue weighted by Gasteiger charge is 2.34. The van der Waals surface area contributed by atoms with Crippen molar-refractivity contribution >= 4 is 38.8 Å². The second kappa shape index (κ2) is 13.2. The molecule has 3 N–H and O–H groups in total. The van der Waals surface area contributed by atoms with Crippen LogP contribution in [0.15, 0.2) is 53.6 Å². The largest absolute Gasteiger partial charge is 0.444 e. The number of para-hydroxylation sites is 1. The highest BCUT2D eigenvalue weighted by atomic mass is 32.2. The number of hydrogen-bond donors (Lipinski definition) is 3. The van der Waals surface area contributed by atoms with Crippen molar-refractivity contribution in [3.05, 3.63) is 65.4 Å². The number of sulfonamides is 1. The molecular weight excluding hydrogens is 594 g/mol. The summed E-state index contributed by atoms with van der Waals surface area (Å²) in [5, 5.41) is 4.04. The van der Waals surface area contributed by atoms with Gasteiger partial charge in [-0.25, -0.2) is 17.9 Å². The minimum absolute atomic E-state index is 0.166. The van der Waals surface area contributed by atoms with Gasteiger partial charge in [-0.1, -0.05) is 31.2 Å². The Bertz CT molecular complexity index is 1670. The molecule has 0 aliphatic carbocycles. The van der Waals surface area contributed by atoms with Crippen molar-refractivity contribution in [3.63, 3.8) is 0 Å². The molecule has 0 unspecified atom stereocenters. The van der Waals surface area contributed by atoms with Crippen LogP contribution in [0.4, 0.5) is 4.79 Å². The summed E-state index contributed by atoms with van der Waals surface area (Å²) in [5.41, 5.74) is 3.04. The molecule has 3 heterocycles. The van der Waals surface area contributed by atoms with Crippen molar-refractivity contribution in [2.75, 3.05) is 26.2 Å². The number of benzene rings is 2. The topological polar surface area (TPSA) is 141 Å². The van der Waals surface area contributed by atoms with Crippen LogP contribution < -0.4 is 10.0 Å². The highest BCUT2D eigenvalue weighted by Crippen LogP contribution is 2.26. The van der Waals surface area contributed by atoms with Gasteiger partial charge in [0.15, 0.2) is 0 Å². The van der Waals surface area contributed by atoms with E-state index in [1.807, 2.05) is 57.3 Å². The molecule has 0 saturated carbocycles. The molecule has 2 aromatic carbocycles. The second-order valence-electron chi connectivity index (χ2n) is 12.8.